The SMILES string of the molecule is Nc1nc2c(ncn2C2O[C@H](COP(=O)(O)O)[C@@H](O)[C@H]2O)c(=O)[nH]1. The van der Waals surface area contributed by atoms with Crippen LogP contribution in [0.2, 0.25) is 0 Å². The van der Waals surface area contributed by atoms with Gasteiger partial charge in [0.2, 0.25) is 5.95 Å². The number of H-pyrrole nitrogens is 1. The van der Waals surface area contributed by atoms with Crippen LogP contribution in [0.15, 0.2) is 11.1 Å². The van der Waals surface area contributed by atoms with Crippen LogP contribution in [0.3, 0.4) is 0 Å². The van der Waals surface area contributed by atoms with E-state index in [1.165, 1.54) is 10.9 Å². The number of nitrogen functional groups attached to an aromatic ring is 1. The second-order valence-electron chi connectivity index (χ2n) is 5.11. The van der Waals surface area contributed by atoms with E-state index in [0.717, 1.165) is 0 Å². The number of hydrogen-bond donors (Lipinski definition) is 6. The molecule has 1 saturated heterocycles. The third-order valence-corrected chi connectivity index (χ3v) is 3.95. The molecule has 0 aliphatic carbocycles. The number of fused-ring (bicyclic) bond motifs is 1. The standard InChI is InChI=1S/C10H14N5O8P/c11-10-13-7-4(8(18)14-10)12-2-15(7)9-6(17)5(16)3(23-9)1-22-24(19,20)21/h2-3,5-6,9,16-17H,1H2,(H2,19,20,21)(H3,11,13,14,18)/t3-,5-,6-,9?/m1/s1. The molecule has 1 unspecified atom stereocenters. The van der Waals surface area contributed by atoms with Crippen molar-refractivity contribution >= 4 is 24.9 Å². The number of aromatic amines is 1. The molecule has 2 aromatic rings. The van der Waals surface area contributed by atoms with Crippen molar-refractivity contribution in [2.45, 2.75) is 24.5 Å². The zero-order chi connectivity index (χ0) is 17.6. The molecule has 7 N–H and O–H groups in total. The molecule has 14 heteroatoms. The molecular formula is C10H14N5O8P. The predicted molar refractivity (Wildman–Crippen MR) is 76.5 cm³/mol. The van der Waals surface area contributed by atoms with Gasteiger partial charge in [-0.15, -0.1) is 0 Å². The van der Waals surface area contributed by atoms with Crippen LogP contribution in [0, 0.1) is 0 Å². The normalized spacial score (nSPS) is 27.8. The van der Waals surface area contributed by atoms with Crippen molar-refractivity contribution in [1.82, 2.24) is 19.5 Å². The predicted octanol–water partition coefficient (Wildman–Crippen LogP) is -2.57. The summed E-state index contributed by atoms with van der Waals surface area (Å²) in [6.45, 7) is -0.651. The van der Waals surface area contributed by atoms with Crippen LogP contribution in [-0.2, 0) is 13.8 Å². The molecule has 0 amide bonds. The number of nitrogens with two attached hydrogens (primary N) is 1. The Labute approximate surface area is 132 Å². The highest BCUT2D eigenvalue weighted by molar-refractivity contribution is 7.46. The molecule has 0 radical (unpaired) electrons. The van der Waals surface area contributed by atoms with Gasteiger partial charge in [0.05, 0.1) is 12.9 Å². The number of hydrogen-bond acceptors (Lipinski definition) is 9. The number of nitrogens with zero attached hydrogens (tertiary/aromatic N) is 3. The number of imidazole rings is 1. The third kappa shape index (κ3) is 3.06. The minimum atomic E-state index is -4.76. The Kier molecular flexibility index (Phi) is 4.17. The lowest BCUT2D eigenvalue weighted by molar-refractivity contribution is -0.0503. The average Bonchev–Trinajstić information content (AvgIpc) is 3.00. The number of aliphatic hydroxyl groups excluding tert-OH is 2. The highest BCUT2D eigenvalue weighted by Crippen LogP contribution is 2.38. The van der Waals surface area contributed by atoms with Crippen molar-refractivity contribution in [3.05, 3.63) is 16.7 Å². The molecule has 1 aliphatic heterocycles. The smallest absolute Gasteiger partial charge is 0.387 e. The lowest BCUT2D eigenvalue weighted by atomic mass is 10.1. The molecular weight excluding hydrogens is 349 g/mol. The maximum Gasteiger partial charge on any atom is 0.469 e. The van der Waals surface area contributed by atoms with Gasteiger partial charge in [0.1, 0.15) is 18.3 Å². The van der Waals surface area contributed by atoms with Gasteiger partial charge in [-0.05, 0) is 0 Å². The molecule has 1 aliphatic rings. The van der Waals surface area contributed by atoms with Gasteiger partial charge in [0, 0.05) is 0 Å². The third-order valence-electron chi connectivity index (χ3n) is 3.47. The van der Waals surface area contributed by atoms with Gasteiger partial charge >= 0.3 is 7.82 Å². The number of nitrogens with one attached hydrogen (secondary N) is 1. The van der Waals surface area contributed by atoms with E-state index in [1.807, 2.05) is 0 Å². The van der Waals surface area contributed by atoms with Crippen molar-refractivity contribution in [2.24, 2.45) is 0 Å². The maximum absolute atomic E-state index is 11.7. The topological polar surface area (TPSA) is 206 Å². The van der Waals surface area contributed by atoms with E-state index in [-0.39, 0.29) is 17.1 Å². The number of ether oxygens (including phenoxy) is 1. The number of aliphatic hydroxyl groups is 2. The van der Waals surface area contributed by atoms with Crippen LogP contribution in [0.1, 0.15) is 6.23 Å². The highest BCUT2D eigenvalue weighted by Gasteiger charge is 2.45. The summed E-state index contributed by atoms with van der Waals surface area (Å²) in [4.78, 5) is 39.1. The van der Waals surface area contributed by atoms with Crippen LogP contribution in [0.4, 0.5) is 5.95 Å². The summed E-state index contributed by atoms with van der Waals surface area (Å²) in [7, 11) is -4.76. The quantitative estimate of drug-likeness (QED) is 0.311. The molecule has 24 heavy (non-hydrogen) atoms. The zero-order valence-electron chi connectivity index (χ0n) is 11.9. The van der Waals surface area contributed by atoms with Crippen LogP contribution in [0.5, 0.6) is 0 Å². The van der Waals surface area contributed by atoms with E-state index in [4.69, 9.17) is 20.3 Å². The molecule has 1 fully saturated rings. The fourth-order valence-electron chi connectivity index (χ4n) is 2.40. The molecule has 3 rings (SSSR count). The van der Waals surface area contributed by atoms with Gasteiger partial charge in [-0.1, -0.05) is 0 Å². The second-order valence-corrected chi connectivity index (χ2v) is 6.35. The van der Waals surface area contributed by atoms with Crippen LogP contribution in [-0.4, -0.2) is 64.4 Å². The summed E-state index contributed by atoms with van der Waals surface area (Å²) in [6.07, 6.45) is -4.22. The molecule has 4 atom stereocenters. The number of phosphoric ester groups is 1. The Morgan fingerprint density at radius 1 is 1.42 bits per heavy atom. The van der Waals surface area contributed by atoms with Crippen molar-refractivity contribution < 1.29 is 33.8 Å². The molecule has 0 spiro atoms. The summed E-state index contributed by atoms with van der Waals surface area (Å²) >= 11 is 0. The Morgan fingerprint density at radius 3 is 2.79 bits per heavy atom. The monoisotopic (exact) mass is 363 g/mol. The first-order valence-corrected chi connectivity index (χ1v) is 8.14. The minimum absolute atomic E-state index is 0.0176. The molecule has 132 valence electrons. The van der Waals surface area contributed by atoms with Crippen LogP contribution < -0.4 is 11.3 Å². The number of phosphoric acid groups is 1. The highest BCUT2D eigenvalue weighted by atomic mass is 31.2. The largest absolute Gasteiger partial charge is 0.469 e. The molecule has 0 aromatic carbocycles. The number of rotatable bonds is 4. The van der Waals surface area contributed by atoms with Crippen molar-refractivity contribution in [3.63, 3.8) is 0 Å². The molecule has 2 aromatic heterocycles. The van der Waals surface area contributed by atoms with E-state index in [1.54, 1.807) is 0 Å². The lowest BCUT2D eigenvalue weighted by Crippen LogP contribution is -2.33. The van der Waals surface area contributed by atoms with Gasteiger partial charge in [-0.2, -0.15) is 4.98 Å². The number of aromatic nitrogens is 4. The Hall–Kier alpha value is -1.86. The first-order chi connectivity index (χ1) is 11.2. The first-order valence-electron chi connectivity index (χ1n) is 6.61. The Balaban J connectivity index is 1.90. The van der Waals surface area contributed by atoms with Gasteiger partial charge in [-0.3, -0.25) is 18.9 Å². The van der Waals surface area contributed by atoms with Gasteiger partial charge in [-0.25, -0.2) is 9.55 Å². The van der Waals surface area contributed by atoms with Gasteiger partial charge < -0.3 is 30.5 Å². The van der Waals surface area contributed by atoms with Crippen LogP contribution in [0.25, 0.3) is 11.2 Å². The second kappa shape index (κ2) is 5.89. The summed E-state index contributed by atoms with van der Waals surface area (Å²) < 4.78 is 21.6. The van der Waals surface area contributed by atoms with Crippen molar-refractivity contribution in [2.75, 3.05) is 12.3 Å². The average molecular weight is 363 g/mol. The molecule has 13 nitrogen and oxygen atoms in total. The molecule has 3 heterocycles. The van der Waals surface area contributed by atoms with Gasteiger partial charge in [0.25, 0.3) is 5.56 Å². The van der Waals surface area contributed by atoms with Crippen molar-refractivity contribution in [1.29, 1.82) is 0 Å². The molecule has 0 saturated carbocycles. The number of anilines is 1. The lowest BCUT2D eigenvalue weighted by Gasteiger charge is -2.16. The summed E-state index contributed by atoms with van der Waals surface area (Å²) in [5.74, 6) is -0.177. The van der Waals surface area contributed by atoms with Gasteiger partial charge in [0.15, 0.2) is 17.4 Å². The Morgan fingerprint density at radius 2 is 2.12 bits per heavy atom. The van der Waals surface area contributed by atoms with E-state index in [0.29, 0.717) is 0 Å². The minimum Gasteiger partial charge on any atom is -0.387 e. The Bertz CT molecular complexity index is 861. The maximum atomic E-state index is 11.7. The van der Waals surface area contributed by atoms with E-state index >= 15 is 0 Å². The van der Waals surface area contributed by atoms with E-state index in [2.05, 4.69) is 19.5 Å². The summed E-state index contributed by atoms with van der Waals surface area (Å²) in [5.41, 5.74) is 4.84. The molecule has 0 bridgehead atoms. The zero-order valence-corrected chi connectivity index (χ0v) is 12.8. The first kappa shape index (κ1) is 17.0. The van der Waals surface area contributed by atoms with E-state index < -0.39 is 44.5 Å². The van der Waals surface area contributed by atoms with Crippen LogP contribution >= 0.6 is 7.82 Å². The fraction of sp³-hybridized carbons (Fsp3) is 0.500. The van der Waals surface area contributed by atoms with Crippen molar-refractivity contribution in [3.8, 4) is 0 Å². The fourth-order valence-corrected chi connectivity index (χ4v) is 2.74. The van der Waals surface area contributed by atoms with E-state index in [9.17, 15) is 19.6 Å². The summed E-state index contributed by atoms with van der Waals surface area (Å²) in [6, 6.07) is 0. The summed E-state index contributed by atoms with van der Waals surface area (Å²) in [5, 5.41) is 20.1.